The number of carbonyl (C=O) groups excluding carboxylic acids is 1. The Balaban J connectivity index is 1.37. The lowest BCUT2D eigenvalue weighted by Crippen LogP contribution is -2.30. The Kier molecular flexibility index (Phi) is 5.75. The molecule has 1 fully saturated rings. The Labute approximate surface area is 137 Å². The highest BCUT2D eigenvalue weighted by Crippen LogP contribution is 2.32. The Morgan fingerprint density at radius 2 is 1.83 bits per heavy atom. The minimum atomic E-state index is 0.0697. The number of benzene rings is 1. The van der Waals surface area contributed by atoms with Crippen LogP contribution in [0, 0.1) is 0 Å². The van der Waals surface area contributed by atoms with Crippen LogP contribution in [0.2, 0.25) is 0 Å². The van der Waals surface area contributed by atoms with Crippen molar-refractivity contribution >= 4 is 11.6 Å². The molecule has 1 N–H and O–H groups in total. The van der Waals surface area contributed by atoms with Crippen molar-refractivity contribution in [1.82, 2.24) is 4.90 Å². The van der Waals surface area contributed by atoms with E-state index in [1.165, 1.54) is 32.4 Å². The fraction of sp³-hybridized carbons (Fsp3) is 0.611. The van der Waals surface area contributed by atoms with Crippen LogP contribution in [0.4, 0.5) is 5.69 Å². The van der Waals surface area contributed by atoms with Gasteiger partial charge in [0, 0.05) is 18.2 Å². The van der Waals surface area contributed by atoms with E-state index < -0.39 is 0 Å². The van der Waals surface area contributed by atoms with Crippen LogP contribution in [-0.2, 0) is 4.79 Å². The molecule has 126 valence electrons. The molecule has 0 aromatic heterocycles. The number of hydrogen-bond donors (Lipinski definition) is 1. The van der Waals surface area contributed by atoms with E-state index in [4.69, 9.17) is 9.47 Å². The van der Waals surface area contributed by atoms with Crippen molar-refractivity contribution in [2.24, 2.45) is 0 Å². The summed E-state index contributed by atoms with van der Waals surface area (Å²) in [6.45, 7) is 4.71. The van der Waals surface area contributed by atoms with E-state index in [9.17, 15) is 4.79 Å². The molecule has 0 radical (unpaired) electrons. The van der Waals surface area contributed by atoms with Crippen molar-refractivity contribution < 1.29 is 14.3 Å². The molecule has 2 aliphatic heterocycles. The molecule has 1 saturated heterocycles. The van der Waals surface area contributed by atoms with Crippen molar-refractivity contribution in [2.45, 2.75) is 38.5 Å². The van der Waals surface area contributed by atoms with Crippen LogP contribution in [0.5, 0.6) is 11.5 Å². The summed E-state index contributed by atoms with van der Waals surface area (Å²) in [5.74, 6) is 1.52. The summed E-state index contributed by atoms with van der Waals surface area (Å²) in [4.78, 5) is 14.6. The van der Waals surface area contributed by atoms with E-state index in [1.807, 2.05) is 18.2 Å². The molecule has 1 amide bonds. The predicted octanol–water partition coefficient (Wildman–Crippen LogP) is 3.05. The van der Waals surface area contributed by atoms with Crippen molar-refractivity contribution in [3.8, 4) is 11.5 Å². The third-order valence-corrected chi connectivity index (χ3v) is 4.40. The number of fused-ring (bicyclic) bond motifs is 1. The highest BCUT2D eigenvalue weighted by Gasteiger charge is 2.13. The van der Waals surface area contributed by atoms with Crippen LogP contribution in [0.15, 0.2) is 18.2 Å². The summed E-state index contributed by atoms with van der Waals surface area (Å²) < 4.78 is 11.0. The molecule has 0 unspecified atom stereocenters. The van der Waals surface area contributed by atoms with E-state index in [1.54, 1.807) is 0 Å². The molecule has 0 aliphatic carbocycles. The van der Waals surface area contributed by atoms with Crippen LogP contribution in [-0.4, -0.2) is 43.7 Å². The number of carbonyl (C=O) groups is 1. The molecule has 1 aromatic rings. The number of anilines is 1. The van der Waals surface area contributed by atoms with Crippen LogP contribution >= 0.6 is 0 Å². The van der Waals surface area contributed by atoms with Gasteiger partial charge < -0.3 is 19.7 Å². The lowest BCUT2D eigenvalue weighted by atomic mass is 10.1. The highest BCUT2D eigenvalue weighted by molar-refractivity contribution is 5.91. The second-order valence-corrected chi connectivity index (χ2v) is 6.27. The molecule has 0 spiro atoms. The summed E-state index contributed by atoms with van der Waals surface area (Å²) in [7, 11) is 0. The lowest BCUT2D eigenvalue weighted by molar-refractivity contribution is -0.116. The van der Waals surface area contributed by atoms with E-state index in [0.717, 1.165) is 30.8 Å². The van der Waals surface area contributed by atoms with Gasteiger partial charge in [0.15, 0.2) is 11.5 Å². The van der Waals surface area contributed by atoms with Crippen LogP contribution < -0.4 is 14.8 Å². The average molecular weight is 318 g/mol. The number of likely N-dealkylation sites (tertiary alicyclic amines) is 1. The normalized spacial score (nSPS) is 17.7. The van der Waals surface area contributed by atoms with Gasteiger partial charge in [-0.3, -0.25) is 4.79 Å². The van der Waals surface area contributed by atoms with Gasteiger partial charge in [0.1, 0.15) is 13.2 Å². The molecule has 0 bridgehead atoms. The van der Waals surface area contributed by atoms with Gasteiger partial charge in [0.25, 0.3) is 0 Å². The van der Waals surface area contributed by atoms with Gasteiger partial charge in [-0.25, -0.2) is 0 Å². The summed E-state index contributed by atoms with van der Waals surface area (Å²) in [6, 6.07) is 5.54. The van der Waals surface area contributed by atoms with E-state index >= 15 is 0 Å². The van der Waals surface area contributed by atoms with Gasteiger partial charge in [-0.15, -0.1) is 0 Å². The Hall–Kier alpha value is -1.75. The number of unbranched alkanes of at least 4 members (excludes halogenated alkanes) is 1. The fourth-order valence-corrected chi connectivity index (χ4v) is 3.15. The number of piperidine rings is 1. The first-order valence-electron chi connectivity index (χ1n) is 8.73. The molecular formula is C18H26N2O3. The van der Waals surface area contributed by atoms with E-state index in [2.05, 4.69) is 10.2 Å². The second-order valence-electron chi connectivity index (χ2n) is 6.27. The van der Waals surface area contributed by atoms with Gasteiger partial charge in [0.2, 0.25) is 5.91 Å². The summed E-state index contributed by atoms with van der Waals surface area (Å²) in [5.41, 5.74) is 0.773. The van der Waals surface area contributed by atoms with Crippen LogP contribution in [0.3, 0.4) is 0 Å². The van der Waals surface area contributed by atoms with Gasteiger partial charge in [-0.1, -0.05) is 6.42 Å². The quantitative estimate of drug-likeness (QED) is 0.819. The zero-order chi connectivity index (χ0) is 15.9. The minimum Gasteiger partial charge on any atom is -0.486 e. The molecule has 5 nitrogen and oxygen atoms in total. The van der Waals surface area contributed by atoms with Gasteiger partial charge in [0.05, 0.1) is 0 Å². The maximum absolute atomic E-state index is 12.0. The van der Waals surface area contributed by atoms with Crippen LogP contribution in [0.25, 0.3) is 0 Å². The first-order chi connectivity index (χ1) is 11.3. The topological polar surface area (TPSA) is 50.8 Å². The molecule has 5 heteroatoms. The third-order valence-electron chi connectivity index (χ3n) is 4.40. The van der Waals surface area contributed by atoms with Crippen molar-refractivity contribution in [3.05, 3.63) is 18.2 Å². The lowest BCUT2D eigenvalue weighted by Gasteiger charge is -2.26. The van der Waals surface area contributed by atoms with Gasteiger partial charge in [-0.2, -0.15) is 0 Å². The van der Waals surface area contributed by atoms with E-state index in [0.29, 0.717) is 25.4 Å². The molecule has 0 atom stereocenters. The SMILES string of the molecule is O=C(CCCCN1CCCCC1)Nc1ccc2c(c1)OCCO2. The second kappa shape index (κ2) is 8.20. The number of rotatable bonds is 6. The van der Waals surface area contributed by atoms with Gasteiger partial charge >= 0.3 is 0 Å². The monoisotopic (exact) mass is 318 g/mol. The summed E-state index contributed by atoms with van der Waals surface area (Å²) in [6.07, 6.45) is 6.62. The summed E-state index contributed by atoms with van der Waals surface area (Å²) >= 11 is 0. The first-order valence-corrected chi connectivity index (χ1v) is 8.73. The first kappa shape index (κ1) is 16.1. The number of nitrogens with zero attached hydrogens (tertiary/aromatic N) is 1. The maximum Gasteiger partial charge on any atom is 0.224 e. The molecule has 2 heterocycles. The smallest absolute Gasteiger partial charge is 0.224 e. The van der Waals surface area contributed by atoms with Crippen LogP contribution in [0.1, 0.15) is 38.5 Å². The number of amides is 1. The number of ether oxygens (including phenoxy) is 2. The van der Waals surface area contributed by atoms with Crippen molar-refractivity contribution in [3.63, 3.8) is 0 Å². The molecule has 3 rings (SSSR count). The zero-order valence-corrected chi connectivity index (χ0v) is 13.7. The Morgan fingerprint density at radius 3 is 2.65 bits per heavy atom. The maximum atomic E-state index is 12.0. The standard InChI is InChI=1S/C18H26N2O3/c21-18(6-2-5-11-20-9-3-1-4-10-20)19-15-7-8-16-17(14-15)23-13-12-22-16/h7-8,14H,1-6,9-13H2,(H,19,21). The number of hydrogen-bond acceptors (Lipinski definition) is 4. The Morgan fingerprint density at radius 1 is 1.04 bits per heavy atom. The molecule has 1 aromatic carbocycles. The number of nitrogens with one attached hydrogen (secondary N) is 1. The summed E-state index contributed by atoms with van der Waals surface area (Å²) in [5, 5.41) is 2.94. The molecule has 2 aliphatic rings. The predicted molar refractivity (Wildman–Crippen MR) is 90.2 cm³/mol. The van der Waals surface area contributed by atoms with E-state index in [-0.39, 0.29) is 5.91 Å². The highest BCUT2D eigenvalue weighted by atomic mass is 16.6. The minimum absolute atomic E-state index is 0.0697. The largest absolute Gasteiger partial charge is 0.486 e. The fourth-order valence-electron chi connectivity index (χ4n) is 3.15. The van der Waals surface area contributed by atoms with Crippen molar-refractivity contribution in [2.75, 3.05) is 38.2 Å². The Bertz CT molecular complexity index is 527. The van der Waals surface area contributed by atoms with Gasteiger partial charge in [-0.05, 0) is 57.5 Å². The zero-order valence-electron chi connectivity index (χ0n) is 13.7. The average Bonchev–Trinajstić information content (AvgIpc) is 2.59. The molecule has 23 heavy (non-hydrogen) atoms. The molecule has 0 saturated carbocycles. The van der Waals surface area contributed by atoms with Crippen molar-refractivity contribution in [1.29, 1.82) is 0 Å². The molecular weight excluding hydrogens is 292 g/mol. The third kappa shape index (κ3) is 4.86.